The van der Waals surface area contributed by atoms with Gasteiger partial charge in [0.05, 0.1) is 35.3 Å². The molecule has 0 aliphatic rings. The van der Waals surface area contributed by atoms with Crippen LogP contribution in [0.2, 0.25) is 0 Å². The van der Waals surface area contributed by atoms with Gasteiger partial charge in [0, 0.05) is 12.1 Å². The molecule has 2 heterocycles. The third-order valence-electron chi connectivity index (χ3n) is 4.69. The van der Waals surface area contributed by atoms with Crippen molar-refractivity contribution >= 4 is 23.0 Å². The molecule has 13 nitrogen and oxygen atoms in total. The summed E-state index contributed by atoms with van der Waals surface area (Å²) in [7, 11) is 1.52. The quantitative estimate of drug-likeness (QED) is 0.270. The first-order chi connectivity index (χ1) is 16.8. The maximum absolute atomic E-state index is 12.7. The molecule has 0 aliphatic heterocycles. The van der Waals surface area contributed by atoms with Crippen molar-refractivity contribution in [1.29, 1.82) is 0 Å². The molecule has 1 N–H and O–H groups in total. The van der Waals surface area contributed by atoms with E-state index >= 15 is 0 Å². The molecule has 0 fully saturated rings. The number of furan rings is 1. The van der Waals surface area contributed by atoms with E-state index in [1.54, 1.807) is 24.3 Å². The first-order valence-electron chi connectivity index (χ1n) is 9.99. The Hall–Kier alpha value is -5.20. The standard InChI is InChI=1S/C22H17N5O8/c1-33-17-2-4-18(5-3-17)34-20-9-14(8-15(10-20)26(29)30)24-22(28)21-7-6-19(35-21)13-25-12-16(11-23-25)27(31)32/h2-12H,13H2,1H3,(H,24,28). The molecule has 1 amide bonds. The summed E-state index contributed by atoms with van der Waals surface area (Å²) < 4.78 is 17.6. The van der Waals surface area contributed by atoms with Crippen molar-refractivity contribution in [2.24, 2.45) is 0 Å². The van der Waals surface area contributed by atoms with Gasteiger partial charge in [-0.15, -0.1) is 0 Å². The molecule has 0 bridgehead atoms. The van der Waals surface area contributed by atoms with Gasteiger partial charge in [-0.05, 0) is 36.4 Å². The van der Waals surface area contributed by atoms with Gasteiger partial charge in [-0.2, -0.15) is 5.10 Å². The van der Waals surface area contributed by atoms with Crippen molar-refractivity contribution in [3.63, 3.8) is 0 Å². The summed E-state index contributed by atoms with van der Waals surface area (Å²) in [6.45, 7) is 0.0672. The highest BCUT2D eigenvalue weighted by atomic mass is 16.6. The summed E-state index contributed by atoms with van der Waals surface area (Å²) in [5, 5.41) is 28.6. The predicted molar refractivity (Wildman–Crippen MR) is 121 cm³/mol. The zero-order valence-corrected chi connectivity index (χ0v) is 18.1. The smallest absolute Gasteiger partial charge is 0.307 e. The number of nitro groups is 2. The van der Waals surface area contributed by atoms with Gasteiger partial charge in [0.15, 0.2) is 5.76 Å². The summed E-state index contributed by atoms with van der Waals surface area (Å²) in [6, 6.07) is 13.4. The number of nitrogens with one attached hydrogen (secondary N) is 1. The number of rotatable bonds is 9. The largest absolute Gasteiger partial charge is 0.497 e. The molecule has 2 aromatic heterocycles. The number of nitro benzene ring substituents is 1. The average Bonchev–Trinajstić information content (AvgIpc) is 3.50. The van der Waals surface area contributed by atoms with E-state index in [9.17, 15) is 25.0 Å². The number of nitrogens with zero attached hydrogens (tertiary/aromatic N) is 4. The minimum Gasteiger partial charge on any atom is -0.497 e. The molecule has 0 atom stereocenters. The molecule has 4 rings (SSSR count). The van der Waals surface area contributed by atoms with Crippen LogP contribution >= 0.6 is 0 Å². The molecule has 2 aromatic carbocycles. The Morgan fingerprint density at radius 2 is 1.71 bits per heavy atom. The molecule has 178 valence electrons. The van der Waals surface area contributed by atoms with Gasteiger partial charge in [0.25, 0.3) is 11.6 Å². The summed E-state index contributed by atoms with van der Waals surface area (Å²) in [5.74, 6) is 0.784. The lowest BCUT2D eigenvalue weighted by atomic mass is 10.2. The zero-order valence-electron chi connectivity index (χ0n) is 18.1. The summed E-state index contributed by atoms with van der Waals surface area (Å²) >= 11 is 0. The van der Waals surface area contributed by atoms with E-state index in [-0.39, 0.29) is 35.1 Å². The minimum atomic E-state index is -0.654. The van der Waals surface area contributed by atoms with Crippen LogP contribution in [0.1, 0.15) is 16.3 Å². The minimum absolute atomic E-state index is 0.0641. The van der Waals surface area contributed by atoms with Gasteiger partial charge in [0.2, 0.25) is 0 Å². The molecule has 4 aromatic rings. The van der Waals surface area contributed by atoms with Crippen LogP contribution in [0.4, 0.5) is 17.1 Å². The van der Waals surface area contributed by atoms with Crippen LogP contribution in [0.25, 0.3) is 0 Å². The van der Waals surface area contributed by atoms with E-state index < -0.39 is 15.8 Å². The highest BCUT2D eigenvalue weighted by Crippen LogP contribution is 2.31. The van der Waals surface area contributed by atoms with Crippen LogP contribution in [-0.2, 0) is 6.54 Å². The Morgan fingerprint density at radius 3 is 2.37 bits per heavy atom. The predicted octanol–water partition coefficient (Wildman–Crippen LogP) is 4.39. The Bertz CT molecular complexity index is 1390. The molecule has 0 aliphatic carbocycles. The SMILES string of the molecule is COc1ccc(Oc2cc(NC(=O)c3ccc(Cn4cc([N+](=O)[O-])cn4)o3)cc([N+](=O)[O-])c2)cc1. The van der Waals surface area contributed by atoms with Crippen molar-refractivity contribution in [1.82, 2.24) is 9.78 Å². The summed E-state index contributed by atoms with van der Waals surface area (Å²) in [6.07, 6.45) is 2.33. The highest BCUT2D eigenvalue weighted by Gasteiger charge is 2.17. The molecule has 13 heteroatoms. The van der Waals surface area contributed by atoms with Crippen LogP contribution in [0.5, 0.6) is 17.2 Å². The molecule has 0 saturated heterocycles. The van der Waals surface area contributed by atoms with E-state index in [1.807, 2.05) is 0 Å². The number of carbonyl (C=O) groups is 1. The number of hydrogen-bond acceptors (Lipinski definition) is 9. The van der Waals surface area contributed by atoms with Crippen molar-refractivity contribution in [3.8, 4) is 17.2 Å². The van der Waals surface area contributed by atoms with Gasteiger partial charge in [0.1, 0.15) is 35.4 Å². The Labute approximate surface area is 196 Å². The maximum atomic E-state index is 12.7. The van der Waals surface area contributed by atoms with E-state index in [2.05, 4.69) is 10.4 Å². The Balaban J connectivity index is 1.49. The average molecular weight is 479 g/mol. The van der Waals surface area contributed by atoms with Crippen LogP contribution in [0.15, 0.2) is 71.4 Å². The van der Waals surface area contributed by atoms with Gasteiger partial charge in [-0.3, -0.25) is 29.7 Å². The summed E-state index contributed by atoms with van der Waals surface area (Å²) in [5.41, 5.74) is -0.340. The second-order valence-electron chi connectivity index (χ2n) is 7.12. The van der Waals surface area contributed by atoms with Crippen LogP contribution < -0.4 is 14.8 Å². The van der Waals surface area contributed by atoms with E-state index in [4.69, 9.17) is 13.9 Å². The molecular weight excluding hydrogens is 462 g/mol. The number of amides is 1. The number of non-ortho nitro benzene ring substituents is 1. The normalized spacial score (nSPS) is 10.5. The number of hydrogen-bond donors (Lipinski definition) is 1. The van der Waals surface area contributed by atoms with E-state index in [1.165, 1.54) is 48.3 Å². The summed E-state index contributed by atoms with van der Waals surface area (Å²) in [4.78, 5) is 33.6. The molecule has 0 unspecified atom stereocenters. The molecule has 0 saturated carbocycles. The van der Waals surface area contributed by atoms with Gasteiger partial charge >= 0.3 is 5.69 Å². The van der Waals surface area contributed by atoms with Gasteiger partial charge in [-0.1, -0.05) is 0 Å². The fraction of sp³-hybridized carbons (Fsp3) is 0.0909. The molecule has 0 radical (unpaired) electrons. The van der Waals surface area contributed by atoms with Crippen molar-refractivity contribution in [2.75, 3.05) is 12.4 Å². The number of aromatic nitrogens is 2. The molecular formula is C22H17N5O8. The molecule has 35 heavy (non-hydrogen) atoms. The van der Waals surface area contributed by atoms with E-state index in [0.717, 1.165) is 6.20 Å². The third kappa shape index (κ3) is 5.60. The zero-order chi connectivity index (χ0) is 24.9. The van der Waals surface area contributed by atoms with Crippen molar-refractivity contribution in [3.05, 3.63) is 98.7 Å². The number of ether oxygens (including phenoxy) is 2. The van der Waals surface area contributed by atoms with Crippen molar-refractivity contribution < 1.29 is 28.5 Å². The second-order valence-corrected chi connectivity index (χ2v) is 7.12. The lowest BCUT2D eigenvalue weighted by Gasteiger charge is -2.09. The van der Waals surface area contributed by atoms with Gasteiger partial charge in [-0.25, -0.2) is 0 Å². The topological polar surface area (TPSA) is 165 Å². The van der Waals surface area contributed by atoms with Crippen molar-refractivity contribution in [2.45, 2.75) is 6.54 Å². The monoisotopic (exact) mass is 479 g/mol. The molecule has 0 spiro atoms. The Morgan fingerprint density at radius 1 is 1.00 bits per heavy atom. The number of benzene rings is 2. The second kappa shape index (κ2) is 9.74. The highest BCUT2D eigenvalue weighted by molar-refractivity contribution is 6.02. The van der Waals surface area contributed by atoms with Crippen LogP contribution in [0, 0.1) is 20.2 Å². The fourth-order valence-electron chi connectivity index (χ4n) is 3.07. The maximum Gasteiger partial charge on any atom is 0.307 e. The number of methoxy groups -OCH3 is 1. The lowest BCUT2D eigenvalue weighted by molar-refractivity contribution is -0.385. The van der Waals surface area contributed by atoms with Gasteiger partial charge < -0.3 is 19.2 Å². The van der Waals surface area contributed by atoms with E-state index in [0.29, 0.717) is 17.3 Å². The fourth-order valence-corrected chi connectivity index (χ4v) is 3.07. The first-order valence-corrected chi connectivity index (χ1v) is 9.99. The number of anilines is 1. The van der Waals surface area contributed by atoms with Crippen LogP contribution in [0.3, 0.4) is 0 Å². The number of carbonyl (C=O) groups excluding carboxylic acids is 1. The Kier molecular flexibility index (Phi) is 6.39. The van der Waals surface area contributed by atoms with Crippen LogP contribution in [-0.4, -0.2) is 32.6 Å². The third-order valence-corrected chi connectivity index (χ3v) is 4.69. The first kappa shape index (κ1) is 23.0. The lowest BCUT2D eigenvalue weighted by Crippen LogP contribution is -2.11.